The van der Waals surface area contributed by atoms with E-state index in [2.05, 4.69) is 10.4 Å². The second-order valence-corrected chi connectivity index (χ2v) is 4.56. The largest absolute Gasteiger partial charge is 0.493 e. The van der Waals surface area contributed by atoms with Crippen LogP contribution in [0.3, 0.4) is 0 Å². The lowest BCUT2D eigenvalue weighted by atomic mass is 10.2. The molecule has 0 saturated heterocycles. The molecule has 0 saturated carbocycles. The lowest BCUT2D eigenvalue weighted by Gasteiger charge is -2.13. The number of hydrogen-bond acceptors (Lipinski definition) is 5. The Morgan fingerprint density at radius 1 is 1.36 bits per heavy atom. The molecule has 1 heterocycles. The lowest BCUT2D eigenvalue weighted by molar-refractivity contribution is 0.0690. The van der Waals surface area contributed by atoms with Crippen molar-refractivity contribution in [3.63, 3.8) is 0 Å². The quantitative estimate of drug-likeness (QED) is 0.816. The van der Waals surface area contributed by atoms with Crippen LogP contribution in [0, 0.1) is 0 Å². The minimum absolute atomic E-state index is 0.00344. The number of methoxy groups -OCH3 is 2. The number of aromatic carboxylic acids is 1. The summed E-state index contributed by atoms with van der Waals surface area (Å²) in [7, 11) is 3.14. The van der Waals surface area contributed by atoms with Crippen molar-refractivity contribution in [3.05, 3.63) is 35.7 Å². The first-order valence-corrected chi connectivity index (χ1v) is 6.85. The van der Waals surface area contributed by atoms with Crippen molar-refractivity contribution in [3.8, 4) is 11.5 Å². The number of carbonyl (C=O) groups is 1. The van der Waals surface area contributed by atoms with Crippen LogP contribution in [0.15, 0.2) is 24.4 Å². The third-order valence-corrected chi connectivity index (χ3v) is 3.24. The van der Waals surface area contributed by atoms with Gasteiger partial charge in [-0.15, -0.1) is 0 Å². The van der Waals surface area contributed by atoms with Gasteiger partial charge in [0.1, 0.15) is 0 Å². The summed E-state index contributed by atoms with van der Waals surface area (Å²) in [4.78, 5) is 11.2. The fraction of sp³-hybridized carbons (Fsp3) is 0.333. The Balaban J connectivity index is 2.23. The summed E-state index contributed by atoms with van der Waals surface area (Å²) in [6.45, 7) is 2.90. The van der Waals surface area contributed by atoms with E-state index in [1.54, 1.807) is 31.2 Å². The molecular formula is C15H19N3O4. The van der Waals surface area contributed by atoms with Gasteiger partial charge in [0.2, 0.25) is 0 Å². The van der Waals surface area contributed by atoms with Gasteiger partial charge in [-0.25, -0.2) is 4.79 Å². The third-order valence-electron chi connectivity index (χ3n) is 3.24. The number of carboxylic acids is 1. The Bertz CT molecular complexity index is 667. The predicted octanol–water partition coefficient (Wildman–Crippen LogP) is 2.23. The number of para-hydroxylation sites is 1. The molecule has 0 amide bonds. The number of anilines is 1. The van der Waals surface area contributed by atoms with Gasteiger partial charge in [0, 0.05) is 24.8 Å². The maximum absolute atomic E-state index is 11.2. The molecule has 2 aromatic rings. The van der Waals surface area contributed by atoms with Crippen molar-refractivity contribution in [2.24, 2.45) is 0 Å². The summed E-state index contributed by atoms with van der Waals surface area (Å²) in [5, 5.41) is 16.3. The second kappa shape index (κ2) is 6.84. The molecule has 1 aromatic heterocycles. The number of nitrogens with one attached hydrogen (secondary N) is 1. The maximum Gasteiger partial charge on any atom is 0.358 e. The molecule has 7 heteroatoms. The number of hydrogen-bond donors (Lipinski definition) is 2. The number of carboxylic acid groups (broad SMARTS) is 1. The van der Waals surface area contributed by atoms with Gasteiger partial charge < -0.3 is 19.9 Å². The van der Waals surface area contributed by atoms with E-state index >= 15 is 0 Å². The molecule has 0 aliphatic rings. The summed E-state index contributed by atoms with van der Waals surface area (Å²) < 4.78 is 12.2. The topological polar surface area (TPSA) is 85.6 Å². The Labute approximate surface area is 128 Å². The van der Waals surface area contributed by atoms with E-state index in [0.29, 0.717) is 30.3 Å². The van der Waals surface area contributed by atoms with Crippen LogP contribution in [0.4, 0.5) is 5.69 Å². The highest BCUT2D eigenvalue weighted by molar-refractivity contribution is 5.91. The molecule has 2 rings (SSSR count). The molecule has 1 aromatic carbocycles. The molecule has 118 valence electrons. The second-order valence-electron chi connectivity index (χ2n) is 4.56. The number of ether oxygens (including phenoxy) is 2. The molecule has 0 radical (unpaired) electrons. The number of aryl methyl sites for hydroxylation is 1. The highest BCUT2D eigenvalue weighted by Crippen LogP contribution is 2.31. The lowest BCUT2D eigenvalue weighted by Crippen LogP contribution is -2.06. The normalized spacial score (nSPS) is 10.3. The van der Waals surface area contributed by atoms with Crippen LogP contribution in [0.25, 0.3) is 0 Å². The monoisotopic (exact) mass is 305 g/mol. The highest BCUT2D eigenvalue weighted by atomic mass is 16.5. The maximum atomic E-state index is 11.2. The van der Waals surface area contributed by atoms with E-state index in [9.17, 15) is 9.90 Å². The highest BCUT2D eigenvalue weighted by Gasteiger charge is 2.16. The summed E-state index contributed by atoms with van der Waals surface area (Å²) in [5.74, 6) is 0.189. The zero-order valence-corrected chi connectivity index (χ0v) is 12.8. The van der Waals surface area contributed by atoms with Crippen LogP contribution in [-0.4, -0.2) is 35.1 Å². The van der Waals surface area contributed by atoms with E-state index in [4.69, 9.17) is 9.47 Å². The fourth-order valence-corrected chi connectivity index (χ4v) is 2.15. The van der Waals surface area contributed by atoms with Gasteiger partial charge in [0.25, 0.3) is 0 Å². The van der Waals surface area contributed by atoms with Crippen molar-refractivity contribution in [1.82, 2.24) is 9.78 Å². The van der Waals surface area contributed by atoms with Crippen LogP contribution < -0.4 is 14.8 Å². The molecular weight excluding hydrogens is 286 g/mol. The van der Waals surface area contributed by atoms with E-state index in [0.717, 1.165) is 5.56 Å². The molecule has 2 N–H and O–H groups in total. The Morgan fingerprint density at radius 3 is 2.73 bits per heavy atom. The molecule has 0 bridgehead atoms. The van der Waals surface area contributed by atoms with Gasteiger partial charge >= 0.3 is 5.97 Å². The van der Waals surface area contributed by atoms with Crippen LogP contribution in [0.1, 0.15) is 23.0 Å². The van der Waals surface area contributed by atoms with Crippen LogP contribution in [-0.2, 0) is 13.1 Å². The first kappa shape index (κ1) is 15.7. The molecule has 0 unspecified atom stereocenters. The van der Waals surface area contributed by atoms with Gasteiger partial charge in [0.05, 0.1) is 19.9 Å². The molecule has 7 nitrogen and oxygen atoms in total. The first-order valence-electron chi connectivity index (χ1n) is 6.85. The Kier molecular flexibility index (Phi) is 4.88. The zero-order valence-electron chi connectivity index (χ0n) is 12.8. The number of aromatic nitrogens is 2. The fourth-order valence-electron chi connectivity index (χ4n) is 2.15. The third kappa shape index (κ3) is 3.13. The van der Waals surface area contributed by atoms with Gasteiger partial charge in [-0.3, -0.25) is 4.68 Å². The molecule has 22 heavy (non-hydrogen) atoms. The Morgan fingerprint density at radius 2 is 2.14 bits per heavy atom. The minimum atomic E-state index is -1.06. The molecule has 0 aliphatic carbocycles. The van der Waals surface area contributed by atoms with Crippen LogP contribution in [0.5, 0.6) is 11.5 Å². The van der Waals surface area contributed by atoms with E-state index in [-0.39, 0.29) is 5.69 Å². The summed E-state index contributed by atoms with van der Waals surface area (Å²) in [6, 6.07) is 5.55. The summed E-state index contributed by atoms with van der Waals surface area (Å²) in [5.41, 5.74) is 1.34. The molecule has 0 atom stereocenters. The average molecular weight is 305 g/mol. The number of nitrogens with zero attached hydrogens (tertiary/aromatic N) is 2. The molecule has 0 aliphatic heterocycles. The van der Waals surface area contributed by atoms with Crippen molar-refractivity contribution >= 4 is 11.7 Å². The summed E-state index contributed by atoms with van der Waals surface area (Å²) >= 11 is 0. The van der Waals surface area contributed by atoms with E-state index in [1.165, 1.54) is 0 Å². The van der Waals surface area contributed by atoms with Crippen molar-refractivity contribution in [2.45, 2.75) is 20.0 Å². The standard InChI is InChI=1S/C15H19N3O4/c1-4-18-9-11(13(17-18)15(19)20)16-8-10-6-5-7-12(21-2)14(10)22-3/h5-7,9,16H,4,8H2,1-3H3,(H,19,20). The molecule has 0 fully saturated rings. The van der Waals surface area contributed by atoms with E-state index in [1.807, 2.05) is 19.1 Å². The first-order chi connectivity index (χ1) is 10.6. The van der Waals surface area contributed by atoms with Crippen LogP contribution >= 0.6 is 0 Å². The zero-order chi connectivity index (χ0) is 16.1. The van der Waals surface area contributed by atoms with Gasteiger partial charge in [-0.1, -0.05) is 12.1 Å². The number of rotatable bonds is 7. The van der Waals surface area contributed by atoms with Gasteiger partial charge in [-0.2, -0.15) is 5.10 Å². The SMILES string of the molecule is CCn1cc(NCc2cccc(OC)c2OC)c(C(=O)O)n1. The van der Waals surface area contributed by atoms with Crippen molar-refractivity contribution in [1.29, 1.82) is 0 Å². The van der Waals surface area contributed by atoms with Crippen molar-refractivity contribution in [2.75, 3.05) is 19.5 Å². The predicted molar refractivity (Wildman–Crippen MR) is 81.7 cm³/mol. The molecule has 0 spiro atoms. The van der Waals surface area contributed by atoms with Gasteiger partial charge in [-0.05, 0) is 13.0 Å². The van der Waals surface area contributed by atoms with Gasteiger partial charge in [0.15, 0.2) is 17.2 Å². The minimum Gasteiger partial charge on any atom is -0.493 e. The smallest absolute Gasteiger partial charge is 0.358 e. The van der Waals surface area contributed by atoms with Crippen molar-refractivity contribution < 1.29 is 19.4 Å². The van der Waals surface area contributed by atoms with E-state index < -0.39 is 5.97 Å². The number of benzene rings is 1. The Hall–Kier alpha value is -2.70. The average Bonchev–Trinajstić information content (AvgIpc) is 2.95. The summed E-state index contributed by atoms with van der Waals surface area (Å²) in [6.07, 6.45) is 1.68. The van der Waals surface area contributed by atoms with Crippen LogP contribution in [0.2, 0.25) is 0 Å².